The van der Waals surface area contributed by atoms with Crippen LogP contribution in [-0.4, -0.2) is 36.2 Å². The van der Waals surface area contributed by atoms with Gasteiger partial charge in [0.15, 0.2) is 0 Å². The summed E-state index contributed by atoms with van der Waals surface area (Å²) in [5.41, 5.74) is 0.116. The number of benzene rings is 1. The summed E-state index contributed by atoms with van der Waals surface area (Å²) < 4.78 is 17.2. The molecule has 9 heteroatoms. The average Bonchev–Trinajstić information content (AvgIpc) is 2.32. The van der Waals surface area contributed by atoms with E-state index >= 15 is 0 Å². The van der Waals surface area contributed by atoms with E-state index in [-0.39, 0.29) is 10.7 Å². The Kier molecular flexibility index (Phi) is 5.88. The van der Waals surface area contributed by atoms with Crippen LogP contribution < -0.4 is 10.6 Å². The lowest BCUT2D eigenvalue weighted by molar-refractivity contribution is -0.143. The van der Waals surface area contributed by atoms with Crippen LogP contribution in [0.3, 0.4) is 0 Å². The van der Waals surface area contributed by atoms with Gasteiger partial charge in [-0.1, -0.05) is 11.6 Å². The Hall–Kier alpha value is -2.19. The van der Waals surface area contributed by atoms with Gasteiger partial charge < -0.3 is 15.2 Å². The highest BCUT2D eigenvalue weighted by molar-refractivity contribution is 6.33. The number of carboxylic acids is 1. The second-order valence-electron chi connectivity index (χ2n) is 3.51. The number of nitrogens with one attached hydrogen (secondary N) is 2. The molecule has 1 aromatic carbocycles. The molecular formula is C11H10ClFN2O5. The average molecular weight is 305 g/mol. The maximum absolute atomic E-state index is 12.8. The van der Waals surface area contributed by atoms with E-state index in [1.165, 1.54) is 6.07 Å². The number of amides is 3. The highest BCUT2D eigenvalue weighted by Crippen LogP contribution is 2.22. The van der Waals surface area contributed by atoms with Crippen LogP contribution in [0.25, 0.3) is 0 Å². The second-order valence-corrected chi connectivity index (χ2v) is 3.92. The molecule has 0 aliphatic heterocycles. The Balaban J connectivity index is 2.43. The molecule has 0 saturated heterocycles. The smallest absolute Gasteiger partial charge is 0.329 e. The molecule has 0 aliphatic rings. The van der Waals surface area contributed by atoms with Gasteiger partial charge in [-0.25, -0.2) is 14.0 Å². The summed E-state index contributed by atoms with van der Waals surface area (Å²) in [6, 6.07) is 2.40. The van der Waals surface area contributed by atoms with Crippen molar-refractivity contribution in [3.63, 3.8) is 0 Å². The fourth-order valence-corrected chi connectivity index (χ4v) is 1.35. The van der Waals surface area contributed by atoms with E-state index in [0.29, 0.717) is 0 Å². The van der Waals surface area contributed by atoms with Crippen LogP contribution in [0.5, 0.6) is 0 Å². The lowest BCUT2D eigenvalue weighted by Gasteiger charge is -2.08. The lowest BCUT2D eigenvalue weighted by atomic mass is 10.3. The van der Waals surface area contributed by atoms with Gasteiger partial charge in [0.1, 0.15) is 19.0 Å². The van der Waals surface area contributed by atoms with Crippen LogP contribution >= 0.6 is 11.6 Å². The first-order chi connectivity index (χ1) is 9.38. The first-order valence-electron chi connectivity index (χ1n) is 5.24. The number of rotatable bonds is 5. The van der Waals surface area contributed by atoms with Gasteiger partial charge in [-0.15, -0.1) is 0 Å². The minimum atomic E-state index is -1.24. The zero-order chi connectivity index (χ0) is 15.1. The third-order valence-electron chi connectivity index (χ3n) is 1.89. The maximum atomic E-state index is 12.8. The first kappa shape index (κ1) is 15.9. The van der Waals surface area contributed by atoms with Crippen LogP contribution in [-0.2, 0) is 14.3 Å². The van der Waals surface area contributed by atoms with Crippen LogP contribution in [0.15, 0.2) is 18.2 Å². The van der Waals surface area contributed by atoms with Gasteiger partial charge in [-0.05, 0) is 18.2 Å². The fourth-order valence-electron chi connectivity index (χ4n) is 1.14. The number of carbonyl (C=O) groups is 3. The van der Waals surface area contributed by atoms with Crippen LogP contribution in [0.1, 0.15) is 0 Å². The van der Waals surface area contributed by atoms with Gasteiger partial charge in [0.05, 0.1) is 10.7 Å². The molecule has 0 heterocycles. The predicted molar refractivity (Wildman–Crippen MR) is 67.0 cm³/mol. The van der Waals surface area contributed by atoms with Crippen molar-refractivity contribution in [3.05, 3.63) is 29.0 Å². The van der Waals surface area contributed by atoms with E-state index in [0.717, 1.165) is 12.1 Å². The summed E-state index contributed by atoms with van der Waals surface area (Å²) in [7, 11) is 0. The van der Waals surface area contributed by atoms with Crippen molar-refractivity contribution >= 4 is 35.2 Å². The number of hydrogen-bond acceptors (Lipinski definition) is 4. The molecule has 0 saturated carbocycles. The van der Waals surface area contributed by atoms with Gasteiger partial charge in [-0.3, -0.25) is 10.1 Å². The number of carbonyl (C=O) groups excluding carboxylic acids is 2. The highest BCUT2D eigenvalue weighted by atomic mass is 35.5. The summed E-state index contributed by atoms with van der Waals surface area (Å²) >= 11 is 5.67. The van der Waals surface area contributed by atoms with E-state index in [2.05, 4.69) is 10.1 Å². The van der Waals surface area contributed by atoms with Crippen LogP contribution in [0.4, 0.5) is 14.9 Å². The lowest BCUT2D eigenvalue weighted by Crippen LogP contribution is -2.37. The second kappa shape index (κ2) is 7.41. The van der Waals surface area contributed by atoms with Gasteiger partial charge in [0, 0.05) is 0 Å². The third-order valence-corrected chi connectivity index (χ3v) is 2.20. The summed E-state index contributed by atoms with van der Waals surface area (Å²) in [5, 5.41) is 12.4. The number of carboxylic acid groups (broad SMARTS) is 1. The molecule has 3 N–H and O–H groups in total. The molecule has 20 heavy (non-hydrogen) atoms. The van der Waals surface area contributed by atoms with E-state index in [1.807, 2.05) is 5.32 Å². The van der Waals surface area contributed by atoms with Crippen molar-refractivity contribution in [2.24, 2.45) is 0 Å². The Morgan fingerprint density at radius 3 is 2.60 bits per heavy atom. The number of aliphatic carboxylic acids is 1. The number of imide groups is 1. The first-order valence-corrected chi connectivity index (χ1v) is 5.61. The SMILES string of the molecule is O=C(O)COCC(=O)NC(=O)Nc1ccc(F)cc1Cl. The Morgan fingerprint density at radius 2 is 2.00 bits per heavy atom. The van der Waals surface area contributed by atoms with Crippen molar-refractivity contribution < 1.29 is 28.6 Å². The normalized spacial score (nSPS) is 9.90. The monoisotopic (exact) mass is 304 g/mol. The zero-order valence-corrected chi connectivity index (χ0v) is 10.7. The summed E-state index contributed by atoms with van der Waals surface area (Å²) in [6.07, 6.45) is 0. The number of anilines is 1. The van der Waals surface area contributed by atoms with Gasteiger partial charge in [0.25, 0.3) is 5.91 Å². The van der Waals surface area contributed by atoms with E-state index < -0.39 is 36.9 Å². The number of ether oxygens (including phenoxy) is 1. The molecule has 0 radical (unpaired) electrons. The van der Waals surface area contributed by atoms with Crippen molar-refractivity contribution in [2.75, 3.05) is 18.5 Å². The molecule has 1 aromatic rings. The van der Waals surface area contributed by atoms with E-state index in [1.54, 1.807) is 0 Å². The molecule has 0 bridgehead atoms. The largest absolute Gasteiger partial charge is 0.480 e. The molecule has 3 amide bonds. The number of hydrogen-bond donors (Lipinski definition) is 3. The zero-order valence-electron chi connectivity index (χ0n) is 9.98. The van der Waals surface area contributed by atoms with Crippen molar-refractivity contribution in [1.82, 2.24) is 5.32 Å². The van der Waals surface area contributed by atoms with Gasteiger partial charge in [-0.2, -0.15) is 0 Å². The molecule has 0 atom stereocenters. The molecule has 0 unspecified atom stereocenters. The summed E-state index contributed by atoms with van der Waals surface area (Å²) in [4.78, 5) is 32.7. The summed E-state index contributed by atoms with van der Waals surface area (Å²) in [6.45, 7) is -1.24. The molecule has 108 valence electrons. The van der Waals surface area contributed by atoms with Crippen molar-refractivity contribution in [1.29, 1.82) is 0 Å². The van der Waals surface area contributed by atoms with E-state index in [4.69, 9.17) is 16.7 Å². The van der Waals surface area contributed by atoms with Gasteiger partial charge in [0.2, 0.25) is 0 Å². The summed E-state index contributed by atoms with van der Waals surface area (Å²) in [5.74, 6) is -2.64. The standard InChI is InChI=1S/C11H10ClFN2O5/c12-7-3-6(13)1-2-8(7)14-11(19)15-9(16)4-20-5-10(17)18/h1-3H,4-5H2,(H,17,18)(H2,14,15,16,19). The van der Waals surface area contributed by atoms with Gasteiger partial charge >= 0.3 is 12.0 Å². The minimum absolute atomic E-state index is 0.0327. The minimum Gasteiger partial charge on any atom is -0.480 e. The van der Waals surface area contributed by atoms with Crippen molar-refractivity contribution in [2.45, 2.75) is 0 Å². The topological polar surface area (TPSA) is 105 Å². The molecule has 1 rings (SSSR count). The molecule has 0 aliphatic carbocycles. The fraction of sp³-hybridized carbons (Fsp3) is 0.182. The van der Waals surface area contributed by atoms with Crippen LogP contribution in [0, 0.1) is 5.82 Å². The highest BCUT2D eigenvalue weighted by Gasteiger charge is 2.11. The molecule has 7 nitrogen and oxygen atoms in total. The predicted octanol–water partition coefficient (Wildman–Crippen LogP) is 1.23. The molecular weight excluding hydrogens is 295 g/mol. The Morgan fingerprint density at radius 1 is 1.30 bits per heavy atom. The van der Waals surface area contributed by atoms with E-state index in [9.17, 15) is 18.8 Å². The molecule has 0 aromatic heterocycles. The van der Waals surface area contributed by atoms with Crippen LogP contribution in [0.2, 0.25) is 5.02 Å². The Bertz CT molecular complexity index is 538. The molecule has 0 spiro atoms. The quantitative estimate of drug-likeness (QED) is 0.759. The molecule has 0 fully saturated rings. The maximum Gasteiger partial charge on any atom is 0.329 e. The number of halogens is 2. The third kappa shape index (κ3) is 5.63. The number of urea groups is 1. The van der Waals surface area contributed by atoms with Crippen molar-refractivity contribution in [3.8, 4) is 0 Å². The Labute approximate surface area is 117 Å².